The van der Waals surface area contributed by atoms with E-state index in [1.54, 1.807) is 7.11 Å². The molecule has 21 heavy (non-hydrogen) atoms. The van der Waals surface area contributed by atoms with Gasteiger partial charge in [-0.3, -0.25) is 9.89 Å². The Morgan fingerprint density at radius 1 is 1.33 bits per heavy atom. The van der Waals surface area contributed by atoms with Crippen LogP contribution in [0.25, 0.3) is 0 Å². The van der Waals surface area contributed by atoms with Gasteiger partial charge in [0.1, 0.15) is 0 Å². The third-order valence-corrected chi connectivity index (χ3v) is 3.81. The molecule has 1 aromatic rings. The van der Waals surface area contributed by atoms with Gasteiger partial charge in [0.15, 0.2) is 5.96 Å². The molecule has 1 aliphatic rings. The number of nitrogens with zero attached hydrogens (tertiary/aromatic N) is 2. The molecule has 0 spiro atoms. The number of ether oxygens (including phenoxy) is 1. The predicted octanol–water partition coefficient (Wildman–Crippen LogP) is 1.37. The smallest absolute Gasteiger partial charge is 0.188 e. The van der Waals surface area contributed by atoms with Gasteiger partial charge >= 0.3 is 0 Å². The molecule has 1 atom stereocenters. The Hall–Kier alpha value is -1.59. The first kappa shape index (κ1) is 15.8. The van der Waals surface area contributed by atoms with Gasteiger partial charge in [-0.15, -0.1) is 0 Å². The normalized spacial score (nSPS) is 17.9. The maximum atomic E-state index is 5.90. The number of benzene rings is 1. The molecule has 0 aliphatic carbocycles. The van der Waals surface area contributed by atoms with Crippen LogP contribution >= 0.6 is 0 Å². The topological polar surface area (TPSA) is 62.9 Å². The van der Waals surface area contributed by atoms with E-state index in [4.69, 9.17) is 10.5 Å². The van der Waals surface area contributed by atoms with Crippen LogP contribution in [0.3, 0.4) is 0 Å². The molecule has 1 aliphatic heterocycles. The third kappa shape index (κ3) is 5.02. The largest absolute Gasteiger partial charge is 0.383 e. The minimum absolute atomic E-state index is 0.316. The first-order chi connectivity index (χ1) is 10.3. The number of guanidine groups is 1. The van der Waals surface area contributed by atoms with Gasteiger partial charge in [0.05, 0.1) is 19.2 Å². The highest BCUT2D eigenvalue weighted by Crippen LogP contribution is 2.25. The molecule has 0 bridgehead atoms. The van der Waals surface area contributed by atoms with Crippen LogP contribution in [0.15, 0.2) is 35.3 Å². The highest BCUT2D eigenvalue weighted by molar-refractivity contribution is 5.77. The van der Waals surface area contributed by atoms with Crippen LogP contribution in [-0.2, 0) is 4.74 Å². The van der Waals surface area contributed by atoms with Crippen molar-refractivity contribution >= 4 is 5.96 Å². The molecule has 5 nitrogen and oxygen atoms in total. The molecule has 1 heterocycles. The molecule has 1 unspecified atom stereocenters. The van der Waals surface area contributed by atoms with Crippen molar-refractivity contribution < 1.29 is 4.74 Å². The number of nitrogens with one attached hydrogen (secondary N) is 1. The molecule has 5 heteroatoms. The van der Waals surface area contributed by atoms with Crippen LogP contribution in [0.5, 0.6) is 0 Å². The summed E-state index contributed by atoms with van der Waals surface area (Å²) in [6.07, 6.45) is 2.54. The summed E-state index contributed by atoms with van der Waals surface area (Å²) in [5.74, 6) is 0.493. The Bertz CT molecular complexity index is 429. The van der Waals surface area contributed by atoms with Crippen molar-refractivity contribution in [3.8, 4) is 0 Å². The maximum absolute atomic E-state index is 5.90. The van der Waals surface area contributed by atoms with Crippen molar-refractivity contribution in [2.24, 2.45) is 10.7 Å². The van der Waals surface area contributed by atoms with Gasteiger partial charge in [-0.2, -0.15) is 0 Å². The van der Waals surface area contributed by atoms with Crippen molar-refractivity contribution in [3.63, 3.8) is 0 Å². The minimum atomic E-state index is 0.316. The molecular weight excluding hydrogens is 264 g/mol. The fourth-order valence-electron chi connectivity index (χ4n) is 2.68. The van der Waals surface area contributed by atoms with E-state index in [1.165, 1.54) is 18.4 Å². The molecule has 3 N–H and O–H groups in total. The summed E-state index contributed by atoms with van der Waals surface area (Å²) in [4.78, 5) is 7.00. The second-order valence-electron chi connectivity index (χ2n) is 5.32. The Morgan fingerprint density at radius 2 is 2.05 bits per heavy atom. The quantitative estimate of drug-likeness (QED) is 0.452. The fourth-order valence-corrected chi connectivity index (χ4v) is 2.68. The Labute approximate surface area is 127 Å². The van der Waals surface area contributed by atoms with Gasteiger partial charge in [-0.1, -0.05) is 30.3 Å². The molecule has 0 radical (unpaired) electrons. The Balaban J connectivity index is 1.97. The van der Waals surface area contributed by atoms with Gasteiger partial charge < -0.3 is 15.8 Å². The van der Waals surface area contributed by atoms with Crippen LogP contribution in [0.1, 0.15) is 24.4 Å². The highest BCUT2D eigenvalue weighted by Gasteiger charge is 2.22. The first-order valence-electron chi connectivity index (χ1n) is 7.63. The third-order valence-electron chi connectivity index (χ3n) is 3.81. The van der Waals surface area contributed by atoms with Gasteiger partial charge in [0.25, 0.3) is 0 Å². The number of rotatable bonds is 7. The molecule has 0 amide bonds. The standard InChI is InChI=1S/C16H26N4O/c1-21-12-9-18-16(17)19-13-15(20-10-5-6-11-20)14-7-3-2-4-8-14/h2-4,7-8,15H,5-6,9-13H2,1H3,(H3,17,18,19). The predicted molar refractivity (Wildman–Crippen MR) is 86.4 cm³/mol. The summed E-state index contributed by atoms with van der Waals surface area (Å²) in [5.41, 5.74) is 7.22. The number of aliphatic imine (C=N–C) groups is 1. The van der Waals surface area contributed by atoms with Crippen molar-refractivity contribution in [2.45, 2.75) is 18.9 Å². The average molecular weight is 290 g/mol. The second kappa shape index (κ2) is 8.64. The number of hydrogen-bond acceptors (Lipinski definition) is 3. The Morgan fingerprint density at radius 3 is 2.71 bits per heavy atom. The maximum Gasteiger partial charge on any atom is 0.188 e. The highest BCUT2D eigenvalue weighted by atomic mass is 16.5. The second-order valence-corrected chi connectivity index (χ2v) is 5.32. The van der Waals surface area contributed by atoms with Crippen molar-refractivity contribution in [1.29, 1.82) is 0 Å². The summed E-state index contributed by atoms with van der Waals surface area (Å²) < 4.78 is 4.99. The Kier molecular flexibility index (Phi) is 6.50. The van der Waals surface area contributed by atoms with Gasteiger partial charge in [-0.05, 0) is 31.5 Å². The molecule has 1 fully saturated rings. The zero-order valence-electron chi connectivity index (χ0n) is 12.8. The molecule has 0 aromatic heterocycles. The van der Waals surface area contributed by atoms with Crippen LogP contribution in [-0.4, -0.2) is 50.8 Å². The number of methoxy groups -OCH3 is 1. The van der Waals surface area contributed by atoms with Crippen LogP contribution < -0.4 is 11.1 Å². The van der Waals surface area contributed by atoms with Crippen LogP contribution in [0.2, 0.25) is 0 Å². The molecule has 116 valence electrons. The zero-order valence-corrected chi connectivity index (χ0v) is 12.8. The molecule has 2 rings (SSSR count). The van der Waals surface area contributed by atoms with Crippen molar-refractivity contribution in [2.75, 3.05) is 39.9 Å². The van der Waals surface area contributed by atoms with Crippen molar-refractivity contribution in [3.05, 3.63) is 35.9 Å². The van der Waals surface area contributed by atoms with E-state index in [1.807, 2.05) is 0 Å². The number of nitrogens with two attached hydrogens (primary N) is 1. The van der Waals surface area contributed by atoms with Crippen LogP contribution in [0.4, 0.5) is 0 Å². The number of likely N-dealkylation sites (tertiary alicyclic amines) is 1. The summed E-state index contributed by atoms with van der Waals surface area (Å²) >= 11 is 0. The van der Waals surface area contributed by atoms with E-state index in [0.717, 1.165) is 13.1 Å². The summed E-state index contributed by atoms with van der Waals surface area (Å²) in [5, 5.41) is 3.07. The molecule has 1 saturated heterocycles. The van der Waals surface area contributed by atoms with Gasteiger partial charge in [0, 0.05) is 13.7 Å². The minimum Gasteiger partial charge on any atom is -0.383 e. The molecule has 1 aromatic carbocycles. The van der Waals surface area contributed by atoms with E-state index in [9.17, 15) is 0 Å². The molecular formula is C16H26N4O. The van der Waals surface area contributed by atoms with Gasteiger partial charge in [-0.25, -0.2) is 0 Å². The molecule has 0 saturated carbocycles. The van der Waals surface area contributed by atoms with E-state index in [-0.39, 0.29) is 0 Å². The zero-order chi connectivity index (χ0) is 14.9. The lowest BCUT2D eigenvalue weighted by molar-refractivity contribution is 0.203. The van der Waals surface area contributed by atoms with E-state index >= 15 is 0 Å². The van der Waals surface area contributed by atoms with Crippen LogP contribution in [0, 0.1) is 0 Å². The fraction of sp³-hybridized carbons (Fsp3) is 0.562. The first-order valence-corrected chi connectivity index (χ1v) is 7.63. The average Bonchev–Trinajstić information content (AvgIpc) is 3.03. The lowest BCUT2D eigenvalue weighted by Crippen LogP contribution is -2.35. The SMILES string of the molecule is COCCNC(N)=NCC(c1ccccc1)N1CCCC1. The van der Waals surface area contributed by atoms with E-state index in [0.29, 0.717) is 31.7 Å². The summed E-state index contributed by atoms with van der Waals surface area (Å²) in [6.45, 7) is 4.30. The number of hydrogen-bond donors (Lipinski definition) is 2. The summed E-state index contributed by atoms with van der Waals surface area (Å²) in [7, 11) is 1.67. The monoisotopic (exact) mass is 290 g/mol. The van der Waals surface area contributed by atoms with E-state index in [2.05, 4.69) is 45.5 Å². The summed E-state index contributed by atoms with van der Waals surface area (Å²) in [6, 6.07) is 10.9. The lowest BCUT2D eigenvalue weighted by atomic mass is 10.1. The lowest BCUT2D eigenvalue weighted by Gasteiger charge is -2.26. The van der Waals surface area contributed by atoms with E-state index < -0.39 is 0 Å². The van der Waals surface area contributed by atoms with Crippen molar-refractivity contribution in [1.82, 2.24) is 10.2 Å². The van der Waals surface area contributed by atoms with Gasteiger partial charge in [0.2, 0.25) is 0 Å².